The molecule has 0 radical (unpaired) electrons. The Labute approximate surface area is 146 Å². The first kappa shape index (κ1) is 17.2. The van der Waals surface area contributed by atoms with E-state index in [9.17, 15) is 9.59 Å². The number of nitrogens with zero attached hydrogens (tertiary/aromatic N) is 4. The second kappa shape index (κ2) is 7.50. The standard InChI is InChI=1S/C17H24N6O2/c1-3-22(4-2)16(24)12-6-5-9-23(11-12)17(25)18-13-7-8-14-15(10-13)20-21-19-14/h7-8,10,12H,3-6,9,11H2,1-2H3,(H,18,25)(H,19,20,21)/t12-/m1/s1. The lowest BCUT2D eigenvalue weighted by molar-refractivity contribution is -0.136. The number of urea groups is 1. The van der Waals surface area contributed by atoms with Crippen molar-refractivity contribution in [3.05, 3.63) is 18.2 Å². The Balaban J connectivity index is 1.64. The van der Waals surface area contributed by atoms with E-state index >= 15 is 0 Å². The van der Waals surface area contributed by atoms with Gasteiger partial charge in [-0.3, -0.25) is 4.79 Å². The van der Waals surface area contributed by atoms with Crippen molar-refractivity contribution in [2.75, 3.05) is 31.5 Å². The molecule has 1 saturated heterocycles. The fourth-order valence-corrected chi connectivity index (χ4v) is 3.28. The molecule has 2 heterocycles. The van der Waals surface area contributed by atoms with Gasteiger partial charge in [-0.2, -0.15) is 15.4 Å². The van der Waals surface area contributed by atoms with Crippen molar-refractivity contribution in [2.45, 2.75) is 26.7 Å². The quantitative estimate of drug-likeness (QED) is 0.888. The van der Waals surface area contributed by atoms with Gasteiger partial charge in [0.15, 0.2) is 0 Å². The fraction of sp³-hybridized carbons (Fsp3) is 0.529. The van der Waals surface area contributed by atoms with Crippen LogP contribution in [0.1, 0.15) is 26.7 Å². The molecular formula is C17H24N6O2. The topological polar surface area (TPSA) is 94.2 Å². The summed E-state index contributed by atoms with van der Waals surface area (Å²) in [4.78, 5) is 28.7. The molecule has 1 aliphatic heterocycles. The van der Waals surface area contributed by atoms with Crippen LogP contribution in [0.3, 0.4) is 0 Å². The molecule has 0 saturated carbocycles. The van der Waals surface area contributed by atoms with Crippen LogP contribution in [0.25, 0.3) is 11.0 Å². The number of anilines is 1. The molecule has 0 unspecified atom stereocenters. The predicted molar refractivity (Wildman–Crippen MR) is 95.1 cm³/mol. The minimum absolute atomic E-state index is 0.113. The number of rotatable bonds is 4. The molecule has 1 aliphatic rings. The molecule has 1 atom stereocenters. The van der Waals surface area contributed by atoms with E-state index in [1.54, 1.807) is 23.1 Å². The van der Waals surface area contributed by atoms with Gasteiger partial charge in [0.25, 0.3) is 0 Å². The molecule has 2 aromatic rings. The molecule has 0 bridgehead atoms. The molecule has 1 aromatic carbocycles. The molecule has 25 heavy (non-hydrogen) atoms. The van der Waals surface area contributed by atoms with Crippen molar-refractivity contribution < 1.29 is 9.59 Å². The Kier molecular flexibility index (Phi) is 5.16. The van der Waals surface area contributed by atoms with Gasteiger partial charge < -0.3 is 15.1 Å². The lowest BCUT2D eigenvalue weighted by Crippen LogP contribution is -2.47. The maximum absolute atomic E-state index is 12.6. The summed E-state index contributed by atoms with van der Waals surface area (Å²) in [5.74, 6) is 0.0314. The highest BCUT2D eigenvalue weighted by molar-refractivity contribution is 5.92. The van der Waals surface area contributed by atoms with E-state index in [-0.39, 0.29) is 17.9 Å². The lowest BCUT2D eigenvalue weighted by atomic mass is 9.96. The van der Waals surface area contributed by atoms with Gasteiger partial charge in [-0.1, -0.05) is 0 Å². The number of aromatic amines is 1. The highest BCUT2D eigenvalue weighted by Crippen LogP contribution is 2.21. The van der Waals surface area contributed by atoms with Crippen LogP contribution in [0.15, 0.2) is 18.2 Å². The zero-order valence-corrected chi connectivity index (χ0v) is 14.7. The summed E-state index contributed by atoms with van der Waals surface area (Å²) in [7, 11) is 0. The van der Waals surface area contributed by atoms with Gasteiger partial charge in [-0.15, -0.1) is 0 Å². The third-order valence-electron chi connectivity index (χ3n) is 4.70. The number of hydrogen-bond acceptors (Lipinski definition) is 4. The molecular weight excluding hydrogens is 320 g/mol. The van der Waals surface area contributed by atoms with Gasteiger partial charge >= 0.3 is 6.03 Å². The first-order valence-corrected chi connectivity index (χ1v) is 8.77. The third-order valence-corrected chi connectivity index (χ3v) is 4.70. The van der Waals surface area contributed by atoms with Crippen LogP contribution in [0.5, 0.6) is 0 Å². The minimum atomic E-state index is -0.181. The van der Waals surface area contributed by atoms with Crippen LogP contribution in [0.4, 0.5) is 10.5 Å². The van der Waals surface area contributed by atoms with Crippen LogP contribution >= 0.6 is 0 Å². The number of likely N-dealkylation sites (tertiary alicyclic amines) is 1. The van der Waals surface area contributed by atoms with Crippen LogP contribution in [0, 0.1) is 5.92 Å². The maximum atomic E-state index is 12.6. The van der Waals surface area contributed by atoms with E-state index in [2.05, 4.69) is 20.7 Å². The van der Waals surface area contributed by atoms with Crippen molar-refractivity contribution in [1.29, 1.82) is 0 Å². The second-order valence-corrected chi connectivity index (χ2v) is 6.25. The smallest absolute Gasteiger partial charge is 0.321 e. The second-order valence-electron chi connectivity index (χ2n) is 6.25. The van der Waals surface area contributed by atoms with Crippen LogP contribution in [-0.2, 0) is 4.79 Å². The summed E-state index contributed by atoms with van der Waals surface area (Å²) >= 11 is 0. The van der Waals surface area contributed by atoms with Crippen molar-refractivity contribution in [1.82, 2.24) is 25.2 Å². The average molecular weight is 344 g/mol. The number of aromatic nitrogens is 3. The summed E-state index contributed by atoms with van der Waals surface area (Å²) in [6, 6.07) is 5.20. The number of H-pyrrole nitrogens is 1. The van der Waals surface area contributed by atoms with Crippen molar-refractivity contribution in [3.63, 3.8) is 0 Å². The molecule has 8 heteroatoms. The van der Waals surface area contributed by atoms with Gasteiger partial charge in [0.2, 0.25) is 5.91 Å². The molecule has 134 valence electrons. The summed E-state index contributed by atoms with van der Waals surface area (Å²) in [5.41, 5.74) is 2.12. The van der Waals surface area contributed by atoms with E-state index in [0.29, 0.717) is 37.4 Å². The van der Waals surface area contributed by atoms with E-state index in [0.717, 1.165) is 18.4 Å². The number of fused-ring (bicyclic) bond motifs is 1. The largest absolute Gasteiger partial charge is 0.343 e. The number of nitrogens with one attached hydrogen (secondary N) is 2. The van der Waals surface area contributed by atoms with E-state index in [1.807, 2.05) is 18.7 Å². The summed E-state index contributed by atoms with van der Waals surface area (Å²) in [6.45, 7) is 6.50. The zero-order chi connectivity index (χ0) is 17.8. The summed E-state index contributed by atoms with van der Waals surface area (Å²) in [6.07, 6.45) is 1.68. The van der Waals surface area contributed by atoms with E-state index in [4.69, 9.17) is 0 Å². The highest BCUT2D eigenvalue weighted by atomic mass is 16.2. The number of amides is 3. The molecule has 3 rings (SSSR count). The third kappa shape index (κ3) is 3.72. The van der Waals surface area contributed by atoms with Crippen molar-refractivity contribution in [2.24, 2.45) is 5.92 Å². The molecule has 1 fully saturated rings. The molecule has 8 nitrogen and oxygen atoms in total. The Morgan fingerprint density at radius 2 is 2.04 bits per heavy atom. The van der Waals surface area contributed by atoms with Crippen LogP contribution in [-0.4, -0.2) is 63.3 Å². The van der Waals surface area contributed by atoms with Crippen LogP contribution < -0.4 is 5.32 Å². The Hall–Kier alpha value is -2.64. The van der Waals surface area contributed by atoms with E-state index < -0.39 is 0 Å². The number of piperidine rings is 1. The average Bonchev–Trinajstić information content (AvgIpc) is 3.10. The summed E-state index contributed by atoms with van der Waals surface area (Å²) < 4.78 is 0. The summed E-state index contributed by atoms with van der Waals surface area (Å²) in [5, 5.41) is 13.5. The number of hydrogen-bond donors (Lipinski definition) is 2. The first-order chi connectivity index (χ1) is 12.1. The Morgan fingerprint density at radius 3 is 2.80 bits per heavy atom. The van der Waals surface area contributed by atoms with Crippen molar-refractivity contribution >= 4 is 28.7 Å². The van der Waals surface area contributed by atoms with Crippen LogP contribution in [0.2, 0.25) is 0 Å². The van der Waals surface area contributed by atoms with Gasteiger partial charge in [0, 0.05) is 31.9 Å². The minimum Gasteiger partial charge on any atom is -0.343 e. The van der Waals surface area contributed by atoms with Gasteiger partial charge in [0.1, 0.15) is 11.0 Å². The number of carbonyl (C=O) groups is 2. The number of carbonyl (C=O) groups excluding carboxylic acids is 2. The zero-order valence-electron chi connectivity index (χ0n) is 14.7. The van der Waals surface area contributed by atoms with Gasteiger partial charge in [0.05, 0.1) is 5.92 Å². The fourth-order valence-electron chi connectivity index (χ4n) is 3.28. The first-order valence-electron chi connectivity index (χ1n) is 8.77. The Morgan fingerprint density at radius 1 is 1.28 bits per heavy atom. The maximum Gasteiger partial charge on any atom is 0.321 e. The molecule has 0 aliphatic carbocycles. The Bertz CT molecular complexity index is 754. The normalized spacial score (nSPS) is 17.5. The molecule has 3 amide bonds. The lowest BCUT2D eigenvalue weighted by Gasteiger charge is -2.34. The SMILES string of the molecule is CCN(CC)C(=O)[C@@H]1CCCN(C(=O)Nc2ccc3n[nH]nc3c2)C1. The van der Waals surface area contributed by atoms with E-state index in [1.165, 1.54) is 0 Å². The van der Waals surface area contributed by atoms with Gasteiger partial charge in [-0.25, -0.2) is 4.79 Å². The monoisotopic (exact) mass is 344 g/mol. The van der Waals surface area contributed by atoms with Crippen molar-refractivity contribution in [3.8, 4) is 0 Å². The predicted octanol–water partition coefficient (Wildman–Crippen LogP) is 2.07. The molecule has 2 N–H and O–H groups in total. The molecule has 1 aromatic heterocycles. The highest BCUT2D eigenvalue weighted by Gasteiger charge is 2.30. The van der Waals surface area contributed by atoms with Gasteiger partial charge in [-0.05, 0) is 44.9 Å². The molecule has 0 spiro atoms. The number of benzene rings is 1.